The fraction of sp³-hybridized carbons (Fsp3) is 0.0179. The third-order valence-electron chi connectivity index (χ3n) is 12.2. The van der Waals surface area contributed by atoms with E-state index in [0.29, 0.717) is 5.82 Å². The van der Waals surface area contributed by atoms with Gasteiger partial charge in [0.25, 0.3) is 0 Å². The van der Waals surface area contributed by atoms with Crippen molar-refractivity contribution in [1.29, 1.82) is 0 Å². The van der Waals surface area contributed by atoms with E-state index in [4.69, 9.17) is 19.7 Å². The van der Waals surface area contributed by atoms with Crippen molar-refractivity contribution >= 4 is 10.9 Å². The van der Waals surface area contributed by atoms with Gasteiger partial charge in [-0.25, -0.2) is 9.97 Å². The second-order valence-corrected chi connectivity index (χ2v) is 15.5. The van der Waals surface area contributed by atoms with Gasteiger partial charge in [0.1, 0.15) is 11.5 Å². The van der Waals surface area contributed by atoms with E-state index in [1.165, 1.54) is 16.7 Å². The van der Waals surface area contributed by atoms with Crippen LogP contribution < -0.4 is 4.74 Å². The Bertz CT molecular complexity index is 3250. The van der Waals surface area contributed by atoms with E-state index in [1.54, 1.807) is 0 Å². The maximum atomic E-state index is 6.65. The van der Waals surface area contributed by atoms with Crippen molar-refractivity contribution in [2.45, 2.75) is 5.41 Å². The summed E-state index contributed by atoms with van der Waals surface area (Å²) in [4.78, 5) is 15.4. The van der Waals surface area contributed by atoms with Crippen molar-refractivity contribution in [2.24, 2.45) is 0 Å². The molecule has 60 heavy (non-hydrogen) atoms. The zero-order chi connectivity index (χ0) is 39.6. The van der Waals surface area contributed by atoms with Crippen LogP contribution in [-0.2, 0) is 5.41 Å². The molecule has 1 aliphatic heterocycles. The molecule has 0 amide bonds. The fourth-order valence-electron chi connectivity index (χ4n) is 9.52. The van der Waals surface area contributed by atoms with E-state index in [2.05, 4.69) is 188 Å². The molecule has 0 atom stereocenters. The zero-order valence-corrected chi connectivity index (χ0v) is 32.5. The van der Waals surface area contributed by atoms with E-state index in [9.17, 15) is 0 Å². The van der Waals surface area contributed by atoms with Crippen LogP contribution >= 0.6 is 0 Å². The number of nitrogens with zero attached hydrogens (tertiary/aromatic N) is 3. The van der Waals surface area contributed by atoms with Gasteiger partial charge in [-0.15, -0.1) is 0 Å². The molecular weight excluding hydrogens is 731 g/mol. The van der Waals surface area contributed by atoms with Gasteiger partial charge in [-0.2, -0.15) is 0 Å². The van der Waals surface area contributed by atoms with Gasteiger partial charge in [-0.3, -0.25) is 4.98 Å². The van der Waals surface area contributed by atoms with Crippen LogP contribution in [0.1, 0.15) is 22.3 Å². The summed E-state index contributed by atoms with van der Waals surface area (Å²) in [5, 5.41) is 1.12. The predicted octanol–water partition coefficient (Wildman–Crippen LogP) is 13.8. The predicted molar refractivity (Wildman–Crippen MR) is 242 cm³/mol. The van der Waals surface area contributed by atoms with E-state index >= 15 is 0 Å². The van der Waals surface area contributed by atoms with Crippen LogP contribution in [0.2, 0.25) is 0 Å². The summed E-state index contributed by atoms with van der Waals surface area (Å²) in [6.45, 7) is 0. The number of ether oxygens (including phenoxy) is 1. The molecule has 1 spiro atoms. The minimum absolute atomic E-state index is 0.603. The molecule has 4 nitrogen and oxygen atoms in total. The lowest BCUT2D eigenvalue weighted by Crippen LogP contribution is -2.32. The maximum Gasteiger partial charge on any atom is 0.160 e. The molecule has 280 valence electrons. The lowest BCUT2D eigenvalue weighted by molar-refractivity contribution is 0.436. The highest BCUT2D eigenvalue weighted by Gasteiger charge is 2.51. The molecule has 12 rings (SSSR count). The number of hydrogen-bond donors (Lipinski definition) is 0. The van der Waals surface area contributed by atoms with Crippen LogP contribution in [0.5, 0.6) is 11.5 Å². The van der Waals surface area contributed by atoms with Gasteiger partial charge in [0, 0.05) is 45.0 Å². The number of fused-ring (bicyclic) bond motifs is 10. The molecule has 1 aliphatic carbocycles. The van der Waals surface area contributed by atoms with Crippen molar-refractivity contribution in [3.8, 4) is 78.8 Å². The van der Waals surface area contributed by atoms with Crippen LogP contribution in [0.3, 0.4) is 0 Å². The lowest BCUT2D eigenvalue weighted by Gasteiger charge is -2.39. The van der Waals surface area contributed by atoms with Crippen LogP contribution in [0.4, 0.5) is 0 Å². The topological polar surface area (TPSA) is 47.9 Å². The number of rotatable bonds is 5. The lowest BCUT2D eigenvalue weighted by atomic mass is 9.66. The summed E-state index contributed by atoms with van der Waals surface area (Å²) >= 11 is 0. The third kappa shape index (κ3) is 5.28. The summed E-state index contributed by atoms with van der Waals surface area (Å²) in [5.41, 5.74) is 16.7. The monoisotopic (exact) mass is 765 g/mol. The number of benzene rings is 8. The molecule has 2 aromatic heterocycles. The van der Waals surface area contributed by atoms with Crippen molar-refractivity contribution in [3.05, 3.63) is 235 Å². The third-order valence-corrected chi connectivity index (χ3v) is 12.2. The normalized spacial score (nSPS) is 12.9. The van der Waals surface area contributed by atoms with Gasteiger partial charge in [0.2, 0.25) is 0 Å². The average Bonchev–Trinajstić information content (AvgIpc) is 3.61. The minimum atomic E-state index is -0.603. The minimum Gasteiger partial charge on any atom is -0.457 e. The quantitative estimate of drug-likeness (QED) is 0.175. The van der Waals surface area contributed by atoms with E-state index in [1.807, 2.05) is 24.4 Å². The summed E-state index contributed by atoms with van der Waals surface area (Å²) in [6, 6.07) is 73.0. The number of aromatic nitrogens is 3. The summed E-state index contributed by atoms with van der Waals surface area (Å²) in [5.74, 6) is 2.42. The number of para-hydroxylation sites is 3. The second kappa shape index (κ2) is 13.6. The number of pyridine rings is 1. The van der Waals surface area contributed by atoms with Gasteiger partial charge in [0.05, 0.1) is 22.3 Å². The molecule has 10 aromatic rings. The molecule has 2 aliphatic rings. The SMILES string of the molecule is c1ccc(-c2cccc(-c3nc(-c4ccccc4)cc(-c4ccc5c(c4)-c4cc(-c6cccc7cccnc67)ccc4C54c5ccccc5Oc5ccccc54)n3)c2)cc1. The Kier molecular flexibility index (Phi) is 7.72. The van der Waals surface area contributed by atoms with Gasteiger partial charge in [0.15, 0.2) is 5.82 Å². The first-order chi connectivity index (χ1) is 29.7. The Balaban J connectivity index is 1.10. The zero-order valence-electron chi connectivity index (χ0n) is 32.5. The molecule has 0 fully saturated rings. The van der Waals surface area contributed by atoms with Gasteiger partial charge >= 0.3 is 0 Å². The Morgan fingerprint density at radius 3 is 1.65 bits per heavy atom. The summed E-state index contributed by atoms with van der Waals surface area (Å²) in [6.07, 6.45) is 1.88. The first-order valence-electron chi connectivity index (χ1n) is 20.3. The van der Waals surface area contributed by atoms with Crippen molar-refractivity contribution < 1.29 is 4.74 Å². The Morgan fingerprint density at radius 1 is 0.350 bits per heavy atom. The average molecular weight is 766 g/mol. The van der Waals surface area contributed by atoms with Gasteiger partial charge in [-0.1, -0.05) is 164 Å². The van der Waals surface area contributed by atoms with Crippen molar-refractivity contribution in [3.63, 3.8) is 0 Å². The molecule has 3 heterocycles. The molecule has 0 bridgehead atoms. The maximum absolute atomic E-state index is 6.65. The van der Waals surface area contributed by atoms with Crippen molar-refractivity contribution in [2.75, 3.05) is 0 Å². The molecular formula is C56H35N3O. The standard InChI is InChI=1S/C56H35N3O/c1-3-14-36(15-4-1)39-19-11-20-42(32-39)55-58-50(37-16-5-2-6-17-37)35-51(59-55)41-28-30-47-45(34-41)44-33-40(43-22-12-18-38-21-13-31-57-54(38)43)27-29-46(44)56(47)48-23-7-9-25-52(48)60-53-26-10-8-24-49(53)56/h1-35H. The Labute approximate surface area is 348 Å². The summed E-state index contributed by atoms with van der Waals surface area (Å²) < 4.78 is 6.65. The van der Waals surface area contributed by atoms with E-state index in [0.717, 1.165) is 89.4 Å². The van der Waals surface area contributed by atoms with E-state index in [-0.39, 0.29) is 0 Å². The molecule has 0 unspecified atom stereocenters. The molecule has 8 aromatic carbocycles. The Morgan fingerprint density at radius 2 is 0.917 bits per heavy atom. The van der Waals surface area contributed by atoms with Crippen molar-refractivity contribution in [1.82, 2.24) is 15.0 Å². The van der Waals surface area contributed by atoms with Crippen LogP contribution in [0.25, 0.3) is 78.2 Å². The first kappa shape index (κ1) is 34.1. The van der Waals surface area contributed by atoms with Crippen LogP contribution in [0.15, 0.2) is 212 Å². The largest absolute Gasteiger partial charge is 0.457 e. The van der Waals surface area contributed by atoms with Gasteiger partial charge in [-0.05, 0) is 81.4 Å². The smallest absolute Gasteiger partial charge is 0.160 e. The highest BCUT2D eigenvalue weighted by atomic mass is 16.5. The fourth-order valence-corrected chi connectivity index (χ4v) is 9.52. The van der Waals surface area contributed by atoms with Gasteiger partial charge < -0.3 is 4.74 Å². The molecule has 0 N–H and O–H groups in total. The molecule has 0 saturated heterocycles. The van der Waals surface area contributed by atoms with E-state index < -0.39 is 5.41 Å². The molecule has 4 heteroatoms. The van der Waals surface area contributed by atoms with Crippen LogP contribution in [0, 0.1) is 0 Å². The Hall–Kier alpha value is -7.95. The van der Waals surface area contributed by atoms with Crippen LogP contribution in [-0.4, -0.2) is 15.0 Å². The molecule has 0 radical (unpaired) electrons. The highest BCUT2D eigenvalue weighted by Crippen LogP contribution is 2.62. The second-order valence-electron chi connectivity index (χ2n) is 15.5. The highest BCUT2D eigenvalue weighted by molar-refractivity contribution is 5.97. The molecule has 0 saturated carbocycles. The summed E-state index contributed by atoms with van der Waals surface area (Å²) in [7, 11) is 0. The first-order valence-corrected chi connectivity index (χ1v) is 20.3. The number of hydrogen-bond acceptors (Lipinski definition) is 4.